The molecule has 232 valence electrons. The molecule has 2 aliphatic rings. The molecule has 0 radical (unpaired) electrons. The lowest BCUT2D eigenvalue weighted by atomic mass is 9.84. The van der Waals surface area contributed by atoms with Crippen LogP contribution in [0.25, 0.3) is 0 Å². The van der Waals surface area contributed by atoms with E-state index in [9.17, 15) is 26.4 Å². The highest BCUT2D eigenvalue weighted by Crippen LogP contribution is 2.34. The molecule has 13 heteroatoms. The Morgan fingerprint density at radius 1 is 1.02 bits per heavy atom. The average molecular weight is 613 g/mol. The Hall–Kier alpha value is -3.32. The number of benzene rings is 2. The molecule has 0 atom stereocenters. The maximum Gasteiger partial charge on any atom is 0.490 e. The van der Waals surface area contributed by atoms with Crippen LogP contribution in [0.5, 0.6) is 0 Å². The van der Waals surface area contributed by atoms with Gasteiger partial charge in [0.25, 0.3) is 15.9 Å². The third kappa shape index (κ3) is 9.62. The van der Waals surface area contributed by atoms with Gasteiger partial charge in [-0.2, -0.15) is 13.2 Å². The second-order valence-electron chi connectivity index (χ2n) is 10.9. The third-order valence-corrected chi connectivity index (χ3v) is 8.52. The number of carbonyl (C=O) groups is 2. The molecule has 0 spiro atoms. The van der Waals surface area contributed by atoms with Gasteiger partial charge in [0.15, 0.2) is 0 Å². The highest BCUT2D eigenvalue weighted by Gasteiger charge is 2.38. The van der Waals surface area contributed by atoms with Gasteiger partial charge in [0.1, 0.15) is 0 Å². The lowest BCUT2D eigenvalue weighted by Gasteiger charge is -2.31. The molecular weight excluding hydrogens is 573 g/mol. The van der Waals surface area contributed by atoms with Crippen LogP contribution in [0.1, 0.15) is 67.8 Å². The zero-order valence-corrected chi connectivity index (χ0v) is 24.7. The molecule has 0 bridgehead atoms. The Labute approximate surface area is 244 Å². The van der Waals surface area contributed by atoms with Crippen molar-refractivity contribution in [2.24, 2.45) is 5.92 Å². The number of hydrogen-bond donors (Lipinski definition) is 4. The Kier molecular flexibility index (Phi) is 11.6. The van der Waals surface area contributed by atoms with E-state index in [-0.39, 0.29) is 10.8 Å². The van der Waals surface area contributed by atoms with Crippen LogP contribution in [0.4, 0.5) is 24.5 Å². The van der Waals surface area contributed by atoms with Crippen molar-refractivity contribution < 1.29 is 36.3 Å². The molecule has 9 nitrogen and oxygen atoms in total. The lowest BCUT2D eigenvalue weighted by Crippen LogP contribution is -2.43. The van der Waals surface area contributed by atoms with Crippen LogP contribution < -0.4 is 20.3 Å². The third-order valence-electron chi connectivity index (χ3n) is 7.14. The van der Waals surface area contributed by atoms with Crippen LogP contribution in [0.3, 0.4) is 0 Å². The number of anilines is 2. The van der Waals surface area contributed by atoms with Crippen molar-refractivity contribution in [2.45, 2.75) is 62.9 Å². The number of amides is 1. The Bertz CT molecular complexity index is 1310. The molecule has 1 amide bonds. The molecule has 2 aromatic rings. The number of carbonyl (C=O) groups excluding carboxylic acids is 1. The molecular formula is C29H39F3N4O5S. The maximum absolute atomic E-state index is 13.4. The summed E-state index contributed by atoms with van der Waals surface area (Å²) >= 11 is 0. The largest absolute Gasteiger partial charge is 0.490 e. The van der Waals surface area contributed by atoms with E-state index in [4.69, 9.17) is 9.90 Å². The molecule has 4 rings (SSSR count). The van der Waals surface area contributed by atoms with Crippen molar-refractivity contribution in [3.63, 3.8) is 0 Å². The predicted octanol–water partition coefficient (Wildman–Crippen LogP) is 4.96. The summed E-state index contributed by atoms with van der Waals surface area (Å²) in [5, 5.41) is 13.4. The van der Waals surface area contributed by atoms with Gasteiger partial charge in [-0.1, -0.05) is 45.2 Å². The van der Waals surface area contributed by atoms with Gasteiger partial charge in [-0.05, 0) is 60.6 Å². The number of aliphatic carboxylic acids is 1. The summed E-state index contributed by atoms with van der Waals surface area (Å²) in [6.45, 7) is 7.82. The highest BCUT2D eigenvalue weighted by atomic mass is 32.2. The molecule has 1 saturated heterocycles. The van der Waals surface area contributed by atoms with Crippen molar-refractivity contribution in [1.29, 1.82) is 0 Å². The molecule has 1 aliphatic heterocycles. The minimum absolute atomic E-state index is 0.206. The smallest absolute Gasteiger partial charge is 0.475 e. The fourth-order valence-corrected chi connectivity index (χ4v) is 5.96. The SMILES string of the molecule is CC(C)CNC(=O)c1ccc(N2CCNCC2)c(NS(=O)(=O)c2ccc(C3CCCCC3)cc2)c1.O=C(O)C(F)(F)F. The van der Waals surface area contributed by atoms with E-state index >= 15 is 0 Å². The van der Waals surface area contributed by atoms with E-state index in [1.165, 1.54) is 37.7 Å². The first kappa shape index (κ1) is 33.2. The van der Waals surface area contributed by atoms with Gasteiger partial charge < -0.3 is 20.6 Å². The summed E-state index contributed by atoms with van der Waals surface area (Å²) in [5.41, 5.74) is 2.87. The molecule has 0 aromatic heterocycles. The van der Waals surface area contributed by atoms with Gasteiger partial charge in [-0.3, -0.25) is 9.52 Å². The fourth-order valence-electron chi connectivity index (χ4n) is 4.90. The first-order valence-electron chi connectivity index (χ1n) is 14.1. The standard InChI is InChI=1S/C27H38N4O3S.C2HF3O2/c1-20(2)19-29-27(32)23-10-13-26(31-16-14-28-15-17-31)25(18-23)30-35(33,34)24-11-8-22(9-12-24)21-6-4-3-5-7-21;3-2(4,5)1(6)7/h8-13,18,20-21,28,30H,3-7,14-17,19H2,1-2H3,(H,29,32);(H,6,7). The van der Waals surface area contributed by atoms with Gasteiger partial charge in [-0.15, -0.1) is 0 Å². The molecule has 0 unspecified atom stereocenters. The van der Waals surface area contributed by atoms with E-state index in [1.54, 1.807) is 24.3 Å². The summed E-state index contributed by atoms with van der Waals surface area (Å²) in [6, 6.07) is 12.6. The van der Waals surface area contributed by atoms with E-state index < -0.39 is 22.2 Å². The van der Waals surface area contributed by atoms with Gasteiger partial charge >= 0.3 is 12.1 Å². The number of piperazine rings is 1. The number of nitrogens with one attached hydrogen (secondary N) is 3. The molecule has 1 saturated carbocycles. The van der Waals surface area contributed by atoms with Crippen LogP contribution in [0.2, 0.25) is 0 Å². The summed E-state index contributed by atoms with van der Waals surface area (Å²) in [4.78, 5) is 24.0. The van der Waals surface area contributed by atoms with Crippen LogP contribution in [-0.4, -0.2) is 64.3 Å². The molecule has 1 heterocycles. The number of alkyl halides is 3. The first-order valence-corrected chi connectivity index (χ1v) is 15.6. The number of carboxylic acid groups (broad SMARTS) is 1. The molecule has 4 N–H and O–H groups in total. The monoisotopic (exact) mass is 612 g/mol. The number of sulfonamides is 1. The number of halogens is 3. The molecule has 2 fully saturated rings. The van der Waals surface area contributed by atoms with Crippen LogP contribution >= 0.6 is 0 Å². The number of nitrogens with zero attached hydrogens (tertiary/aromatic N) is 1. The van der Waals surface area contributed by atoms with Gasteiger partial charge in [0, 0.05) is 38.3 Å². The normalized spacial score (nSPS) is 16.4. The number of hydrogen-bond acceptors (Lipinski definition) is 6. The minimum atomic E-state index is -5.08. The highest BCUT2D eigenvalue weighted by molar-refractivity contribution is 7.92. The summed E-state index contributed by atoms with van der Waals surface area (Å²) in [6.07, 6.45) is 1.02. The van der Waals surface area contributed by atoms with Gasteiger partial charge in [0.2, 0.25) is 0 Å². The Morgan fingerprint density at radius 3 is 2.17 bits per heavy atom. The van der Waals surface area contributed by atoms with Gasteiger partial charge in [-0.25, -0.2) is 13.2 Å². The molecule has 2 aromatic carbocycles. The quantitative estimate of drug-likeness (QED) is 0.332. The zero-order chi connectivity index (χ0) is 30.9. The molecule has 1 aliphatic carbocycles. The van der Waals surface area contributed by atoms with E-state index in [0.29, 0.717) is 29.6 Å². The second kappa shape index (κ2) is 14.7. The fraction of sp³-hybridized carbons (Fsp3) is 0.517. The van der Waals surface area contributed by atoms with E-state index in [1.807, 2.05) is 32.0 Å². The summed E-state index contributed by atoms with van der Waals surface area (Å²) < 4.78 is 61.3. The number of carboxylic acids is 1. The Morgan fingerprint density at radius 2 is 1.62 bits per heavy atom. The second-order valence-corrected chi connectivity index (χ2v) is 12.6. The summed E-state index contributed by atoms with van der Waals surface area (Å²) in [5.74, 6) is -2.11. The predicted molar refractivity (Wildman–Crippen MR) is 155 cm³/mol. The zero-order valence-electron chi connectivity index (χ0n) is 23.8. The van der Waals surface area contributed by atoms with Crippen LogP contribution in [0, 0.1) is 5.92 Å². The van der Waals surface area contributed by atoms with Crippen LogP contribution in [-0.2, 0) is 14.8 Å². The van der Waals surface area contributed by atoms with Crippen molar-refractivity contribution >= 4 is 33.3 Å². The Balaban J connectivity index is 0.000000616. The van der Waals surface area contributed by atoms with Crippen molar-refractivity contribution in [2.75, 3.05) is 42.3 Å². The van der Waals surface area contributed by atoms with Crippen molar-refractivity contribution in [3.05, 3.63) is 53.6 Å². The number of rotatable bonds is 8. The van der Waals surface area contributed by atoms with Crippen LogP contribution in [0.15, 0.2) is 47.4 Å². The average Bonchev–Trinajstić information content (AvgIpc) is 2.96. The lowest BCUT2D eigenvalue weighted by molar-refractivity contribution is -0.192. The maximum atomic E-state index is 13.4. The van der Waals surface area contributed by atoms with Crippen molar-refractivity contribution in [3.8, 4) is 0 Å². The minimum Gasteiger partial charge on any atom is -0.475 e. The molecule has 42 heavy (non-hydrogen) atoms. The summed E-state index contributed by atoms with van der Waals surface area (Å²) in [7, 11) is -3.81. The topological polar surface area (TPSA) is 128 Å². The van der Waals surface area contributed by atoms with E-state index in [0.717, 1.165) is 31.9 Å². The van der Waals surface area contributed by atoms with E-state index in [2.05, 4.69) is 20.3 Å². The van der Waals surface area contributed by atoms with Gasteiger partial charge in [0.05, 0.1) is 16.3 Å². The first-order chi connectivity index (χ1) is 19.8. The van der Waals surface area contributed by atoms with Crippen molar-refractivity contribution in [1.82, 2.24) is 10.6 Å².